The average molecular weight is 390 g/mol. The minimum absolute atomic E-state index is 0.831. The van der Waals surface area contributed by atoms with Gasteiger partial charge in [-0.15, -0.1) is 0 Å². The molecular weight excluding hydrogens is 350 g/mol. The van der Waals surface area contributed by atoms with Crippen molar-refractivity contribution in [2.45, 2.75) is 33.2 Å². The van der Waals surface area contributed by atoms with Gasteiger partial charge in [-0.3, -0.25) is 4.99 Å². The summed E-state index contributed by atoms with van der Waals surface area (Å²) in [6.45, 7) is 14.2. The number of likely N-dealkylation sites (N-methyl/N-ethyl adjacent to an activating group) is 1. The van der Waals surface area contributed by atoms with Gasteiger partial charge >= 0.3 is 0 Å². The van der Waals surface area contributed by atoms with Crippen LogP contribution >= 0.6 is 0 Å². The number of nitrogens with one attached hydrogen (secondary N) is 1. The van der Waals surface area contributed by atoms with Gasteiger partial charge in [-0.25, -0.2) is 0 Å². The largest absolute Gasteiger partial charge is 0.497 e. The number of guanidine groups is 1. The van der Waals surface area contributed by atoms with E-state index in [4.69, 9.17) is 9.73 Å². The zero-order valence-corrected chi connectivity index (χ0v) is 18.3. The van der Waals surface area contributed by atoms with Gasteiger partial charge in [-0.1, -0.05) is 19.1 Å². The van der Waals surface area contributed by atoms with E-state index in [0.29, 0.717) is 0 Å². The van der Waals surface area contributed by atoms with Crippen LogP contribution in [0.1, 0.15) is 32.3 Å². The lowest BCUT2D eigenvalue weighted by atomic mass is 10.2. The Morgan fingerprint density at radius 1 is 1.07 bits per heavy atom. The van der Waals surface area contributed by atoms with Crippen molar-refractivity contribution in [2.75, 3.05) is 66.5 Å². The highest BCUT2D eigenvalue weighted by atomic mass is 16.5. The molecule has 2 rings (SSSR count). The summed E-state index contributed by atoms with van der Waals surface area (Å²) in [4.78, 5) is 12.1. The maximum absolute atomic E-state index is 5.24. The van der Waals surface area contributed by atoms with Crippen LogP contribution in [0.2, 0.25) is 0 Å². The van der Waals surface area contributed by atoms with Crippen LogP contribution in [0, 0.1) is 0 Å². The van der Waals surface area contributed by atoms with Gasteiger partial charge in [-0.2, -0.15) is 0 Å². The summed E-state index contributed by atoms with van der Waals surface area (Å²) in [5.41, 5.74) is 1.25. The smallest absolute Gasteiger partial charge is 0.193 e. The van der Waals surface area contributed by atoms with Gasteiger partial charge in [0.05, 0.1) is 7.11 Å². The number of hydrogen-bond donors (Lipinski definition) is 1. The maximum Gasteiger partial charge on any atom is 0.193 e. The van der Waals surface area contributed by atoms with Crippen LogP contribution < -0.4 is 10.1 Å². The summed E-state index contributed by atoms with van der Waals surface area (Å²) in [5, 5.41) is 3.41. The lowest BCUT2D eigenvalue weighted by molar-refractivity contribution is 0.136. The molecule has 1 aromatic carbocycles. The van der Waals surface area contributed by atoms with Crippen molar-refractivity contribution in [1.82, 2.24) is 20.0 Å². The van der Waals surface area contributed by atoms with Crippen LogP contribution in [0.4, 0.5) is 0 Å². The van der Waals surface area contributed by atoms with E-state index in [9.17, 15) is 0 Å². The number of piperazine rings is 1. The number of aliphatic imine (C=N–C) groups is 1. The molecule has 0 spiro atoms. The number of benzene rings is 1. The van der Waals surface area contributed by atoms with Crippen LogP contribution in [0.3, 0.4) is 0 Å². The molecule has 0 unspecified atom stereocenters. The molecule has 158 valence electrons. The molecule has 1 aromatic rings. The lowest BCUT2D eigenvalue weighted by Gasteiger charge is -2.33. The number of nitrogens with zero attached hydrogens (tertiary/aromatic N) is 4. The Morgan fingerprint density at radius 3 is 2.36 bits per heavy atom. The minimum Gasteiger partial charge on any atom is -0.497 e. The van der Waals surface area contributed by atoms with Crippen molar-refractivity contribution < 1.29 is 4.74 Å². The molecule has 1 N–H and O–H groups in total. The highest BCUT2D eigenvalue weighted by Gasteiger charge is 2.14. The summed E-state index contributed by atoms with van der Waals surface area (Å²) in [5.74, 6) is 1.87. The number of methoxy groups -OCH3 is 1. The standard InChI is InChI=1S/C22H39N5O/c1-5-23-22(25(3)19-20-9-11-21(28-4)12-10-20)24-13-7-8-14-27-17-15-26(6-2)16-18-27/h9-12H,5-8,13-19H2,1-4H3,(H,23,24). The topological polar surface area (TPSA) is 43.3 Å². The third-order valence-corrected chi connectivity index (χ3v) is 5.33. The normalized spacial score (nSPS) is 16.2. The van der Waals surface area contributed by atoms with Gasteiger partial charge < -0.3 is 24.8 Å². The Kier molecular flexibility index (Phi) is 10.1. The van der Waals surface area contributed by atoms with E-state index < -0.39 is 0 Å². The Labute approximate surface area is 171 Å². The first kappa shape index (κ1) is 22.5. The summed E-state index contributed by atoms with van der Waals surface area (Å²) in [6.07, 6.45) is 2.36. The molecule has 0 aromatic heterocycles. The zero-order valence-electron chi connectivity index (χ0n) is 18.3. The van der Waals surface area contributed by atoms with Crippen molar-refractivity contribution in [3.8, 4) is 5.75 Å². The van der Waals surface area contributed by atoms with Crippen molar-refractivity contribution in [3.63, 3.8) is 0 Å². The molecule has 1 saturated heterocycles. The lowest BCUT2D eigenvalue weighted by Crippen LogP contribution is -2.46. The molecule has 1 fully saturated rings. The van der Waals surface area contributed by atoms with Gasteiger partial charge in [0, 0.05) is 52.9 Å². The van der Waals surface area contributed by atoms with E-state index in [1.807, 2.05) is 12.1 Å². The molecule has 1 heterocycles. The van der Waals surface area contributed by atoms with E-state index in [-0.39, 0.29) is 0 Å². The van der Waals surface area contributed by atoms with Gasteiger partial charge in [0.1, 0.15) is 5.75 Å². The SMILES string of the molecule is CCNC(=NCCCCN1CCN(CC)CC1)N(C)Cc1ccc(OC)cc1. The molecule has 0 amide bonds. The first-order valence-electron chi connectivity index (χ1n) is 10.7. The number of ether oxygens (including phenoxy) is 1. The second-order valence-corrected chi connectivity index (χ2v) is 7.42. The van der Waals surface area contributed by atoms with Crippen molar-refractivity contribution in [1.29, 1.82) is 0 Å². The Balaban J connectivity index is 1.73. The second-order valence-electron chi connectivity index (χ2n) is 7.42. The van der Waals surface area contributed by atoms with Gasteiger partial charge in [0.15, 0.2) is 5.96 Å². The summed E-state index contributed by atoms with van der Waals surface area (Å²) < 4.78 is 5.24. The van der Waals surface area contributed by atoms with E-state index in [2.05, 4.69) is 53.0 Å². The third kappa shape index (κ3) is 7.68. The van der Waals surface area contributed by atoms with Crippen molar-refractivity contribution in [2.24, 2.45) is 4.99 Å². The highest BCUT2D eigenvalue weighted by Crippen LogP contribution is 2.12. The molecule has 1 aliphatic rings. The molecule has 0 atom stereocenters. The molecule has 0 bridgehead atoms. The highest BCUT2D eigenvalue weighted by molar-refractivity contribution is 5.79. The van der Waals surface area contributed by atoms with E-state index in [1.54, 1.807) is 7.11 Å². The first-order chi connectivity index (χ1) is 13.7. The fraction of sp³-hybridized carbons (Fsp3) is 0.682. The van der Waals surface area contributed by atoms with Crippen LogP contribution in [-0.2, 0) is 6.54 Å². The minimum atomic E-state index is 0.831. The molecule has 28 heavy (non-hydrogen) atoms. The fourth-order valence-corrected chi connectivity index (χ4v) is 3.51. The molecule has 0 saturated carbocycles. The van der Waals surface area contributed by atoms with E-state index in [1.165, 1.54) is 51.3 Å². The molecule has 6 nitrogen and oxygen atoms in total. The maximum atomic E-state index is 5.24. The fourth-order valence-electron chi connectivity index (χ4n) is 3.51. The molecule has 0 radical (unpaired) electrons. The summed E-state index contributed by atoms with van der Waals surface area (Å²) in [6, 6.07) is 8.23. The van der Waals surface area contributed by atoms with Gasteiger partial charge in [0.2, 0.25) is 0 Å². The monoisotopic (exact) mass is 389 g/mol. The summed E-state index contributed by atoms with van der Waals surface area (Å²) in [7, 11) is 3.79. The predicted octanol–water partition coefficient (Wildman–Crippen LogP) is 2.51. The Morgan fingerprint density at radius 2 is 1.75 bits per heavy atom. The quantitative estimate of drug-likeness (QED) is 0.378. The number of rotatable bonds is 10. The van der Waals surface area contributed by atoms with Crippen LogP contribution in [-0.4, -0.2) is 87.2 Å². The molecule has 1 aliphatic heterocycles. The third-order valence-electron chi connectivity index (χ3n) is 5.33. The molecular formula is C22H39N5O. The predicted molar refractivity (Wildman–Crippen MR) is 118 cm³/mol. The zero-order chi connectivity index (χ0) is 20.2. The summed E-state index contributed by atoms with van der Waals surface area (Å²) >= 11 is 0. The second kappa shape index (κ2) is 12.6. The van der Waals surface area contributed by atoms with Crippen LogP contribution in [0.25, 0.3) is 0 Å². The molecule has 0 aliphatic carbocycles. The van der Waals surface area contributed by atoms with Crippen LogP contribution in [0.5, 0.6) is 5.75 Å². The van der Waals surface area contributed by atoms with Gasteiger partial charge in [0.25, 0.3) is 0 Å². The average Bonchev–Trinajstić information content (AvgIpc) is 2.73. The molecule has 6 heteroatoms. The van der Waals surface area contributed by atoms with Crippen molar-refractivity contribution in [3.05, 3.63) is 29.8 Å². The van der Waals surface area contributed by atoms with E-state index in [0.717, 1.165) is 37.8 Å². The first-order valence-corrected chi connectivity index (χ1v) is 10.7. The van der Waals surface area contributed by atoms with Gasteiger partial charge in [-0.05, 0) is 50.6 Å². The van der Waals surface area contributed by atoms with Crippen molar-refractivity contribution >= 4 is 5.96 Å². The Bertz CT molecular complexity index is 567. The van der Waals surface area contributed by atoms with E-state index >= 15 is 0 Å². The Hall–Kier alpha value is -1.79. The van der Waals surface area contributed by atoms with Crippen LogP contribution in [0.15, 0.2) is 29.3 Å². The number of hydrogen-bond acceptors (Lipinski definition) is 4. The number of unbranched alkanes of at least 4 members (excludes halogenated alkanes) is 1.